The second kappa shape index (κ2) is 9.15. The number of hydroxylamine groups is 1. The molecule has 0 aromatic heterocycles. The molecular formula is C34H35F2NO5. The fourth-order valence-corrected chi connectivity index (χ4v) is 9.49. The third-order valence-electron chi connectivity index (χ3n) is 11.4. The number of carbonyl (C=O) groups is 2. The first kappa shape index (κ1) is 27.6. The van der Waals surface area contributed by atoms with Crippen LogP contribution in [0, 0.1) is 28.6 Å². The number of alkyl halides is 2. The van der Waals surface area contributed by atoms with Crippen LogP contribution in [-0.2, 0) is 14.4 Å². The zero-order chi connectivity index (χ0) is 29.7. The van der Waals surface area contributed by atoms with Gasteiger partial charge in [-0.2, -0.15) is 0 Å². The van der Waals surface area contributed by atoms with Crippen molar-refractivity contribution in [2.75, 3.05) is 18.2 Å². The van der Waals surface area contributed by atoms with Gasteiger partial charge in [-0.05, 0) is 73.1 Å². The number of Topliss-reactive ketones (excluding diaryl/α,β-unsaturated/α-hetero) is 1. The van der Waals surface area contributed by atoms with Gasteiger partial charge < -0.3 is 10.2 Å². The standard InChI is InChI=1S/C34H35F2NO5/c1-31-12-11-24(39)15-27(31)28(35)16-26-25-14-22-18-37(23-10-6-9-21(13-23)20-7-4-3-5-8-20)42-34(22,30(41)19-38)32(25,2)17-29(40)33(26,31)36/h3-13,15,22,25-26,28-29,38,40H,14,16-19H2,1-2H3. The number of hydrogen-bond acceptors (Lipinski definition) is 6. The summed E-state index contributed by atoms with van der Waals surface area (Å²) in [7, 11) is 0. The van der Waals surface area contributed by atoms with E-state index in [-0.39, 0.29) is 18.4 Å². The Morgan fingerprint density at radius 3 is 2.55 bits per heavy atom. The van der Waals surface area contributed by atoms with Crippen molar-refractivity contribution in [2.24, 2.45) is 28.6 Å². The van der Waals surface area contributed by atoms with Gasteiger partial charge in [-0.25, -0.2) is 8.78 Å². The van der Waals surface area contributed by atoms with Crippen molar-refractivity contribution < 1.29 is 33.4 Å². The molecule has 3 saturated carbocycles. The van der Waals surface area contributed by atoms with E-state index in [0.29, 0.717) is 13.0 Å². The highest BCUT2D eigenvalue weighted by Gasteiger charge is 2.79. The highest BCUT2D eigenvalue weighted by molar-refractivity contribution is 6.01. The maximum absolute atomic E-state index is 17.6. The Bertz CT molecular complexity index is 1530. The lowest BCUT2D eigenvalue weighted by atomic mass is 9.44. The van der Waals surface area contributed by atoms with Crippen LogP contribution in [0.3, 0.4) is 0 Å². The lowest BCUT2D eigenvalue weighted by Gasteiger charge is -2.63. The molecule has 5 aliphatic rings. The first-order chi connectivity index (χ1) is 20.0. The number of rotatable bonds is 4. The molecular weight excluding hydrogens is 540 g/mol. The highest BCUT2D eigenvalue weighted by Crippen LogP contribution is 2.72. The first-order valence-corrected chi connectivity index (χ1v) is 14.7. The zero-order valence-corrected chi connectivity index (χ0v) is 23.7. The van der Waals surface area contributed by atoms with Gasteiger partial charge in [-0.15, -0.1) is 0 Å². The summed E-state index contributed by atoms with van der Waals surface area (Å²) >= 11 is 0. The number of aliphatic hydroxyl groups is 2. The Morgan fingerprint density at radius 1 is 1.07 bits per heavy atom. The van der Waals surface area contributed by atoms with Gasteiger partial charge in [-0.3, -0.25) is 19.5 Å². The quantitative estimate of drug-likeness (QED) is 0.537. The van der Waals surface area contributed by atoms with Gasteiger partial charge in [-0.1, -0.05) is 55.5 Å². The second-order valence-electron chi connectivity index (χ2n) is 13.2. The van der Waals surface area contributed by atoms with Crippen LogP contribution in [0.2, 0.25) is 0 Å². The minimum absolute atomic E-state index is 0.0662. The van der Waals surface area contributed by atoms with E-state index in [1.54, 1.807) is 12.0 Å². The van der Waals surface area contributed by atoms with Crippen molar-refractivity contribution in [2.45, 2.75) is 56.7 Å². The third kappa shape index (κ3) is 3.34. The minimum Gasteiger partial charge on any atom is -0.390 e. The molecule has 0 amide bonds. The molecule has 2 aromatic carbocycles. The van der Waals surface area contributed by atoms with Gasteiger partial charge >= 0.3 is 0 Å². The van der Waals surface area contributed by atoms with Gasteiger partial charge in [0.25, 0.3) is 0 Å². The molecule has 1 saturated heterocycles. The van der Waals surface area contributed by atoms with E-state index in [0.717, 1.165) is 16.8 Å². The van der Waals surface area contributed by atoms with Crippen LogP contribution in [0.25, 0.3) is 11.1 Å². The van der Waals surface area contributed by atoms with E-state index in [1.165, 1.54) is 18.2 Å². The topological polar surface area (TPSA) is 87.1 Å². The van der Waals surface area contributed by atoms with Crippen molar-refractivity contribution in [3.8, 4) is 11.1 Å². The number of hydrogen-bond donors (Lipinski definition) is 2. The van der Waals surface area contributed by atoms with Crippen LogP contribution in [-0.4, -0.2) is 58.5 Å². The Hall–Kier alpha value is -3.20. The monoisotopic (exact) mass is 575 g/mol. The molecule has 42 heavy (non-hydrogen) atoms. The number of allylic oxidation sites excluding steroid dienone is 4. The fraction of sp³-hybridized carbons (Fsp3) is 0.471. The van der Waals surface area contributed by atoms with E-state index >= 15 is 8.78 Å². The Labute approximate surface area is 243 Å². The average Bonchev–Trinajstić information content (AvgIpc) is 3.49. The zero-order valence-electron chi connectivity index (χ0n) is 23.7. The molecule has 2 N–H and O–H groups in total. The molecule has 9 unspecified atom stereocenters. The first-order valence-electron chi connectivity index (χ1n) is 14.7. The SMILES string of the molecule is CC12C=CC(=O)C=C1C(F)CC1C3CC4CN(c5cccc(-c6ccccc6)c5)OC4(C(=O)CO)C3(C)CC(O)C12F. The second-order valence-corrected chi connectivity index (χ2v) is 13.2. The number of aliphatic hydroxyl groups excluding tert-OH is 2. The van der Waals surface area contributed by atoms with Gasteiger partial charge in [0.15, 0.2) is 22.8 Å². The fourth-order valence-electron chi connectivity index (χ4n) is 9.49. The molecule has 7 rings (SSSR count). The summed E-state index contributed by atoms with van der Waals surface area (Å²) in [4.78, 5) is 32.5. The highest BCUT2D eigenvalue weighted by atomic mass is 19.1. The summed E-state index contributed by atoms with van der Waals surface area (Å²) in [5.41, 5.74) is -3.52. The Balaban J connectivity index is 1.28. The largest absolute Gasteiger partial charge is 0.390 e. The number of carbonyl (C=O) groups excluding carboxylic acids is 2. The molecule has 0 bridgehead atoms. The number of benzene rings is 2. The molecule has 220 valence electrons. The Morgan fingerprint density at radius 2 is 1.81 bits per heavy atom. The normalized spacial score (nSPS) is 42.0. The molecule has 6 nitrogen and oxygen atoms in total. The Kier molecular flexibility index (Phi) is 6.02. The van der Waals surface area contributed by atoms with Crippen molar-refractivity contribution >= 4 is 17.3 Å². The molecule has 1 heterocycles. The van der Waals surface area contributed by atoms with E-state index < -0.39 is 70.3 Å². The molecule has 0 spiro atoms. The van der Waals surface area contributed by atoms with Gasteiger partial charge in [0.2, 0.25) is 0 Å². The smallest absolute Gasteiger partial charge is 0.193 e. The number of fused-ring (bicyclic) bond motifs is 7. The molecule has 1 aliphatic heterocycles. The predicted molar refractivity (Wildman–Crippen MR) is 153 cm³/mol. The lowest BCUT2D eigenvalue weighted by Crippen LogP contribution is -2.70. The number of anilines is 1. The summed E-state index contributed by atoms with van der Waals surface area (Å²) in [5.74, 6) is -2.73. The summed E-state index contributed by atoms with van der Waals surface area (Å²) in [6.45, 7) is 2.96. The van der Waals surface area contributed by atoms with Crippen LogP contribution >= 0.6 is 0 Å². The van der Waals surface area contributed by atoms with Crippen LogP contribution in [0.15, 0.2) is 78.4 Å². The van der Waals surface area contributed by atoms with Gasteiger partial charge in [0.05, 0.1) is 18.3 Å². The van der Waals surface area contributed by atoms with E-state index in [1.807, 2.05) is 61.5 Å². The molecule has 4 fully saturated rings. The number of halogens is 2. The molecule has 2 aromatic rings. The molecule has 9 atom stereocenters. The number of nitrogens with zero attached hydrogens (tertiary/aromatic N) is 1. The van der Waals surface area contributed by atoms with Gasteiger partial charge in [0, 0.05) is 22.7 Å². The van der Waals surface area contributed by atoms with Crippen molar-refractivity contribution in [3.05, 3.63) is 78.4 Å². The maximum atomic E-state index is 17.6. The van der Waals surface area contributed by atoms with Crippen LogP contribution in [0.1, 0.15) is 33.1 Å². The maximum Gasteiger partial charge on any atom is 0.193 e. The van der Waals surface area contributed by atoms with E-state index in [2.05, 4.69) is 0 Å². The van der Waals surface area contributed by atoms with Crippen molar-refractivity contribution in [3.63, 3.8) is 0 Å². The minimum atomic E-state index is -2.24. The van der Waals surface area contributed by atoms with Crippen molar-refractivity contribution in [1.82, 2.24) is 0 Å². The van der Waals surface area contributed by atoms with Crippen LogP contribution in [0.5, 0.6) is 0 Å². The van der Waals surface area contributed by atoms with E-state index in [4.69, 9.17) is 4.84 Å². The molecule has 0 radical (unpaired) electrons. The summed E-state index contributed by atoms with van der Waals surface area (Å²) in [6, 6.07) is 17.7. The van der Waals surface area contributed by atoms with Crippen LogP contribution < -0.4 is 5.06 Å². The van der Waals surface area contributed by atoms with Crippen molar-refractivity contribution in [1.29, 1.82) is 0 Å². The molecule has 8 heteroatoms. The summed E-state index contributed by atoms with van der Waals surface area (Å²) < 4.78 is 33.4. The molecule has 4 aliphatic carbocycles. The predicted octanol–water partition coefficient (Wildman–Crippen LogP) is 4.95. The summed E-state index contributed by atoms with van der Waals surface area (Å²) in [6.07, 6.45) is 0.807. The number of ketones is 2. The lowest BCUT2D eigenvalue weighted by molar-refractivity contribution is -0.228. The average molecular weight is 576 g/mol. The van der Waals surface area contributed by atoms with Crippen LogP contribution in [0.4, 0.5) is 14.5 Å². The van der Waals surface area contributed by atoms with E-state index in [9.17, 15) is 19.8 Å². The van der Waals surface area contributed by atoms with Gasteiger partial charge in [0.1, 0.15) is 12.8 Å². The third-order valence-corrected chi connectivity index (χ3v) is 11.4. The summed E-state index contributed by atoms with van der Waals surface area (Å²) in [5, 5.41) is 23.6.